The fourth-order valence-corrected chi connectivity index (χ4v) is 2.68. The van der Waals surface area contributed by atoms with Gasteiger partial charge in [-0.15, -0.1) is 11.3 Å². The number of methoxy groups -OCH3 is 1. The molecule has 0 atom stereocenters. The highest BCUT2D eigenvalue weighted by atomic mass is 32.1. The van der Waals surface area contributed by atoms with Gasteiger partial charge >= 0.3 is 0 Å². The largest absolute Gasteiger partial charge is 0.508 e. The summed E-state index contributed by atoms with van der Waals surface area (Å²) in [6, 6.07) is 14.6. The molecule has 0 bridgehead atoms. The number of hydrazone groups is 1. The van der Waals surface area contributed by atoms with Gasteiger partial charge in [-0.3, -0.25) is 5.43 Å². The molecule has 6 heteroatoms. The number of thiazole rings is 1. The lowest BCUT2D eigenvalue weighted by atomic mass is 10.2. The van der Waals surface area contributed by atoms with Crippen LogP contribution in [-0.4, -0.2) is 23.4 Å². The Balaban J connectivity index is 1.69. The van der Waals surface area contributed by atoms with Crippen molar-refractivity contribution in [2.45, 2.75) is 0 Å². The average molecular weight is 325 g/mol. The highest BCUT2D eigenvalue weighted by Gasteiger charge is 2.05. The van der Waals surface area contributed by atoms with E-state index in [4.69, 9.17) is 4.74 Å². The first-order valence-electron chi connectivity index (χ1n) is 6.92. The Morgan fingerprint density at radius 1 is 1.22 bits per heavy atom. The van der Waals surface area contributed by atoms with Crippen molar-refractivity contribution in [3.63, 3.8) is 0 Å². The summed E-state index contributed by atoms with van der Waals surface area (Å²) in [6.07, 6.45) is 1.63. The van der Waals surface area contributed by atoms with Crippen molar-refractivity contribution < 1.29 is 9.84 Å². The van der Waals surface area contributed by atoms with Gasteiger partial charge in [-0.2, -0.15) is 5.10 Å². The van der Waals surface area contributed by atoms with Gasteiger partial charge in [-0.25, -0.2) is 4.98 Å². The number of hydrogen-bond acceptors (Lipinski definition) is 6. The smallest absolute Gasteiger partial charge is 0.203 e. The highest BCUT2D eigenvalue weighted by Crippen LogP contribution is 2.27. The number of phenols is 1. The van der Waals surface area contributed by atoms with Crippen LogP contribution < -0.4 is 10.2 Å². The second kappa shape index (κ2) is 6.93. The molecule has 116 valence electrons. The maximum absolute atomic E-state index is 9.40. The minimum Gasteiger partial charge on any atom is -0.508 e. The number of aromatic nitrogens is 1. The molecule has 0 fully saturated rings. The van der Waals surface area contributed by atoms with Gasteiger partial charge in [-0.05, 0) is 29.8 Å². The minimum absolute atomic E-state index is 0.212. The molecule has 0 saturated carbocycles. The summed E-state index contributed by atoms with van der Waals surface area (Å²) in [6.45, 7) is 0. The van der Waals surface area contributed by atoms with Crippen LogP contribution in [0.2, 0.25) is 0 Å². The number of nitrogens with zero attached hydrogens (tertiary/aromatic N) is 2. The predicted molar refractivity (Wildman–Crippen MR) is 93.4 cm³/mol. The molecule has 0 spiro atoms. The molecular formula is C17H15N3O2S. The van der Waals surface area contributed by atoms with Gasteiger partial charge in [0.1, 0.15) is 11.5 Å². The third-order valence-electron chi connectivity index (χ3n) is 3.11. The molecule has 3 rings (SSSR count). The zero-order valence-electron chi connectivity index (χ0n) is 12.4. The molecule has 5 nitrogen and oxygen atoms in total. The molecule has 23 heavy (non-hydrogen) atoms. The Bertz CT molecular complexity index is 830. The molecule has 2 aromatic carbocycles. The topological polar surface area (TPSA) is 66.7 Å². The van der Waals surface area contributed by atoms with Gasteiger partial charge in [0.05, 0.1) is 19.0 Å². The molecule has 0 aliphatic carbocycles. The van der Waals surface area contributed by atoms with Gasteiger partial charge in [0, 0.05) is 10.9 Å². The molecular weight excluding hydrogens is 310 g/mol. The Morgan fingerprint density at radius 3 is 2.91 bits per heavy atom. The molecule has 0 unspecified atom stereocenters. The normalized spacial score (nSPS) is 10.8. The third kappa shape index (κ3) is 3.87. The summed E-state index contributed by atoms with van der Waals surface area (Å²) in [5.41, 5.74) is 5.56. The summed E-state index contributed by atoms with van der Waals surface area (Å²) in [5.74, 6) is 1.01. The molecule has 1 heterocycles. The quantitative estimate of drug-likeness (QED) is 0.550. The SMILES string of the molecule is COc1cccc(-c2csc(N/N=C\c3cccc(O)c3)n2)c1. The molecule has 0 amide bonds. The number of rotatable bonds is 5. The Kier molecular flexibility index (Phi) is 4.54. The maximum Gasteiger partial charge on any atom is 0.203 e. The average Bonchev–Trinajstić information content (AvgIpc) is 3.04. The van der Waals surface area contributed by atoms with E-state index in [9.17, 15) is 5.11 Å². The van der Waals surface area contributed by atoms with E-state index < -0.39 is 0 Å². The number of benzene rings is 2. The second-order valence-electron chi connectivity index (χ2n) is 4.73. The minimum atomic E-state index is 0.212. The lowest BCUT2D eigenvalue weighted by Gasteiger charge is -2.01. The number of hydrogen-bond donors (Lipinski definition) is 2. The van der Waals surface area contributed by atoms with Gasteiger partial charge in [0.15, 0.2) is 0 Å². The van der Waals surface area contributed by atoms with Gasteiger partial charge in [0.25, 0.3) is 0 Å². The molecule has 2 N–H and O–H groups in total. The molecule has 1 aromatic heterocycles. The van der Waals surface area contributed by atoms with Crippen molar-refractivity contribution in [1.82, 2.24) is 4.98 Å². The number of anilines is 1. The predicted octanol–water partition coefficient (Wildman–Crippen LogP) is 3.97. The van der Waals surface area contributed by atoms with E-state index in [1.807, 2.05) is 35.7 Å². The zero-order chi connectivity index (χ0) is 16.1. The van der Waals surface area contributed by atoms with E-state index in [1.54, 1.807) is 31.5 Å². The summed E-state index contributed by atoms with van der Waals surface area (Å²) < 4.78 is 5.22. The van der Waals surface area contributed by atoms with E-state index in [0.29, 0.717) is 5.13 Å². The van der Waals surface area contributed by atoms with Crippen LogP contribution in [0.25, 0.3) is 11.3 Å². The van der Waals surface area contributed by atoms with Crippen molar-refractivity contribution in [3.05, 3.63) is 59.5 Å². The molecule has 0 radical (unpaired) electrons. The van der Waals surface area contributed by atoms with Gasteiger partial charge < -0.3 is 9.84 Å². The number of aromatic hydroxyl groups is 1. The lowest BCUT2D eigenvalue weighted by molar-refractivity contribution is 0.415. The number of ether oxygens (including phenoxy) is 1. The fourth-order valence-electron chi connectivity index (χ4n) is 2.01. The van der Waals surface area contributed by atoms with Crippen molar-refractivity contribution in [1.29, 1.82) is 0 Å². The first-order chi connectivity index (χ1) is 11.2. The van der Waals surface area contributed by atoms with Crippen LogP contribution in [0, 0.1) is 0 Å². The van der Waals surface area contributed by atoms with Crippen LogP contribution in [0.4, 0.5) is 5.13 Å². The Morgan fingerprint density at radius 2 is 2.09 bits per heavy atom. The van der Waals surface area contributed by atoms with Crippen molar-refractivity contribution >= 4 is 22.7 Å². The monoisotopic (exact) mass is 325 g/mol. The summed E-state index contributed by atoms with van der Waals surface area (Å²) in [7, 11) is 1.64. The second-order valence-corrected chi connectivity index (χ2v) is 5.59. The third-order valence-corrected chi connectivity index (χ3v) is 3.86. The van der Waals surface area contributed by atoms with E-state index in [2.05, 4.69) is 15.5 Å². The van der Waals surface area contributed by atoms with E-state index in [0.717, 1.165) is 22.6 Å². The van der Waals surface area contributed by atoms with Crippen LogP contribution in [0.3, 0.4) is 0 Å². The number of nitrogens with one attached hydrogen (secondary N) is 1. The van der Waals surface area contributed by atoms with E-state index in [-0.39, 0.29) is 5.75 Å². The molecule has 0 saturated heterocycles. The Labute approximate surface area is 137 Å². The van der Waals surface area contributed by atoms with Crippen molar-refractivity contribution in [2.75, 3.05) is 12.5 Å². The van der Waals surface area contributed by atoms with Gasteiger partial charge in [0.2, 0.25) is 5.13 Å². The van der Waals surface area contributed by atoms with Crippen LogP contribution in [0.5, 0.6) is 11.5 Å². The van der Waals surface area contributed by atoms with Crippen LogP contribution in [-0.2, 0) is 0 Å². The van der Waals surface area contributed by atoms with Crippen molar-refractivity contribution in [3.8, 4) is 22.8 Å². The van der Waals surface area contributed by atoms with Crippen molar-refractivity contribution in [2.24, 2.45) is 5.10 Å². The first kappa shape index (κ1) is 15.1. The molecule has 3 aromatic rings. The summed E-state index contributed by atoms with van der Waals surface area (Å²) in [5, 5.41) is 16.2. The molecule has 0 aliphatic rings. The summed E-state index contributed by atoms with van der Waals surface area (Å²) in [4.78, 5) is 4.49. The van der Waals surface area contributed by atoms with Gasteiger partial charge in [-0.1, -0.05) is 24.3 Å². The highest BCUT2D eigenvalue weighted by molar-refractivity contribution is 7.14. The van der Waals surface area contributed by atoms with Crippen LogP contribution in [0.1, 0.15) is 5.56 Å². The van der Waals surface area contributed by atoms with Crippen LogP contribution in [0.15, 0.2) is 59.0 Å². The standard InChI is InChI=1S/C17H15N3O2S/c1-22-15-7-3-5-13(9-15)16-11-23-17(19-16)20-18-10-12-4-2-6-14(21)8-12/h2-11,21H,1H3,(H,19,20)/b18-10-. The molecule has 0 aliphatic heterocycles. The summed E-state index contributed by atoms with van der Waals surface area (Å²) >= 11 is 1.47. The van der Waals surface area contributed by atoms with Crippen LogP contribution >= 0.6 is 11.3 Å². The maximum atomic E-state index is 9.40. The Hall–Kier alpha value is -2.86. The zero-order valence-corrected chi connectivity index (χ0v) is 13.2. The van der Waals surface area contributed by atoms with E-state index >= 15 is 0 Å². The fraction of sp³-hybridized carbons (Fsp3) is 0.0588. The first-order valence-corrected chi connectivity index (χ1v) is 7.80. The number of phenolic OH excluding ortho intramolecular Hbond substituents is 1. The lowest BCUT2D eigenvalue weighted by Crippen LogP contribution is -1.90. The van der Waals surface area contributed by atoms with E-state index in [1.165, 1.54) is 11.3 Å².